The van der Waals surface area contributed by atoms with Gasteiger partial charge in [0.25, 0.3) is 0 Å². The van der Waals surface area contributed by atoms with Crippen LogP contribution in [0.15, 0.2) is 22.7 Å². The van der Waals surface area contributed by atoms with E-state index >= 15 is 0 Å². The van der Waals surface area contributed by atoms with Crippen molar-refractivity contribution in [1.29, 1.82) is 0 Å². The molecule has 1 fully saturated rings. The molecule has 1 aliphatic carbocycles. The Hall–Kier alpha value is -0.0900. The molecule has 1 aromatic carbocycles. The Morgan fingerprint density at radius 2 is 2.24 bits per heavy atom. The predicted octanol–water partition coefficient (Wildman–Crippen LogP) is 3.62. The lowest BCUT2D eigenvalue weighted by molar-refractivity contribution is 0.126. The first-order chi connectivity index (χ1) is 8.25. The van der Waals surface area contributed by atoms with Gasteiger partial charge in [0.05, 0.1) is 6.61 Å². The molecule has 0 spiro atoms. The second-order valence-corrected chi connectivity index (χ2v) is 5.75. The number of ether oxygens (including phenoxy) is 1. The fraction of sp³-hybridized carbons (Fsp3) is 0.538. The average molecular weight is 319 g/mol. The lowest BCUT2D eigenvalue weighted by Gasteiger charge is -2.07. The van der Waals surface area contributed by atoms with E-state index in [-0.39, 0.29) is 0 Å². The number of benzene rings is 1. The van der Waals surface area contributed by atoms with E-state index in [1.807, 2.05) is 18.2 Å². The van der Waals surface area contributed by atoms with Crippen LogP contribution < -0.4 is 5.32 Å². The summed E-state index contributed by atoms with van der Waals surface area (Å²) in [6.07, 6.45) is 2.70. The van der Waals surface area contributed by atoms with Crippen LogP contribution in [-0.4, -0.2) is 19.8 Å². The van der Waals surface area contributed by atoms with Gasteiger partial charge in [0.2, 0.25) is 0 Å². The molecule has 0 heterocycles. The molecular formula is C13H17BrClNO. The zero-order valence-electron chi connectivity index (χ0n) is 9.72. The van der Waals surface area contributed by atoms with E-state index < -0.39 is 0 Å². The summed E-state index contributed by atoms with van der Waals surface area (Å²) in [6.45, 7) is 3.36. The largest absolute Gasteiger partial charge is 0.380 e. The molecule has 0 unspecified atom stereocenters. The maximum absolute atomic E-state index is 6.09. The Balaban J connectivity index is 1.61. The molecule has 1 saturated carbocycles. The van der Waals surface area contributed by atoms with E-state index in [1.165, 1.54) is 12.8 Å². The Kier molecular flexibility index (Phi) is 5.29. The maximum Gasteiger partial charge on any atom is 0.0591 e. The molecule has 94 valence electrons. The highest BCUT2D eigenvalue weighted by molar-refractivity contribution is 9.10. The number of hydrogen-bond acceptors (Lipinski definition) is 2. The lowest BCUT2D eigenvalue weighted by atomic mass is 10.2. The minimum atomic E-state index is 0.780. The average Bonchev–Trinajstić information content (AvgIpc) is 3.11. The molecule has 2 nitrogen and oxygen atoms in total. The molecule has 0 radical (unpaired) electrons. The summed E-state index contributed by atoms with van der Waals surface area (Å²) in [5.74, 6) is 0.842. The van der Waals surface area contributed by atoms with Gasteiger partial charge in [0.15, 0.2) is 0 Å². The number of halogens is 2. The van der Waals surface area contributed by atoms with Gasteiger partial charge in [0.1, 0.15) is 0 Å². The van der Waals surface area contributed by atoms with Gasteiger partial charge >= 0.3 is 0 Å². The lowest BCUT2D eigenvalue weighted by Crippen LogP contribution is -2.19. The molecule has 17 heavy (non-hydrogen) atoms. The first-order valence-electron chi connectivity index (χ1n) is 5.98. The fourth-order valence-electron chi connectivity index (χ4n) is 1.58. The van der Waals surface area contributed by atoms with Crippen molar-refractivity contribution in [3.8, 4) is 0 Å². The molecule has 1 N–H and O–H groups in total. The van der Waals surface area contributed by atoms with Gasteiger partial charge in [-0.2, -0.15) is 0 Å². The summed E-state index contributed by atoms with van der Waals surface area (Å²) in [7, 11) is 0. The van der Waals surface area contributed by atoms with Gasteiger partial charge in [-0.3, -0.25) is 0 Å². The number of rotatable bonds is 7. The monoisotopic (exact) mass is 317 g/mol. The van der Waals surface area contributed by atoms with E-state index in [2.05, 4.69) is 21.2 Å². The van der Waals surface area contributed by atoms with Crippen LogP contribution >= 0.6 is 27.5 Å². The van der Waals surface area contributed by atoms with E-state index in [1.54, 1.807) is 0 Å². The highest BCUT2D eigenvalue weighted by Crippen LogP contribution is 2.28. The molecule has 0 saturated heterocycles. The molecule has 0 amide bonds. The van der Waals surface area contributed by atoms with Gasteiger partial charge in [-0.1, -0.05) is 27.5 Å². The summed E-state index contributed by atoms with van der Waals surface area (Å²) in [5, 5.41) is 4.14. The van der Waals surface area contributed by atoms with Crippen molar-refractivity contribution >= 4 is 27.5 Å². The van der Waals surface area contributed by atoms with Crippen molar-refractivity contribution in [2.75, 3.05) is 19.8 Å². The smallest absolute Gasteiger partial charge is 0.0591 e. The molecule has 2 rings (SSSR count). The van der Waals surface area contributed by atoms with Crippen molar-refractivity contribution < 1.29 is 4.74 Å². The second kappa shape index (κ2) is 6.74. The summed E-state index contributed by atoms with van der Waals surface area (Å²) in [6, 6.07) is 5.90. The van der Waals surface area contributed by atoms with Crippen molar-refractivity contribution in [1.82, 2.24) is 5.32 Å². The molecule has 0 bridgehead atoms. The van der Waals surface area contributed by atoms with E-state index in [0.29, 0.717) is 0 Å². The molecule has 0 atom stereocenters. The summed E-state index contributed by atoms with van der Waals surface area (Å²) in [4.78, 5) is 0. The number of nitrogens with one attached hydrogen (secondary N) is 1. The van der Waals surface area contributed by atoms with E-state index in [9.17, 15) is 0 Å². The zero-order valence-corrected chi connectivity index (χ0v) is 12.1. The van der Waals surface area contributed by atoms with Crippen molar-refractivity contribution in [3.63, 3.8) is 0 Å². The molecule has 0 aliphatic heterocycles. The van der Waals surface area contributed by atoms with Crippen molar-refractivity contribution in [3.05, 3.63) is 33.3 Å². The standard InChI is InChI=1S/C13H17BrClNO/c14-12-3-4-13(15)11(7-12)8-16-5-6-17-9-10-1-2-10/h3-4,7,10,16H,1-2,5-6,8-9H2. The molecule has 1 aromatic rings. The van der Waals surface area contributed by atoms with Gasteiger partial charge in [-0.25, -0.2) is 0 Å². The van der Waals surface area contributed by atoms with Crippen LogP contribution in [0.5, 0.6) is 0 Å². The van der Waals surface area contributed by atoms with Crippen LogP contribution in [-0.2, 0) is 11.3 Å². The minimum Gasteiger partial charge on any atom is -0.380 e. The van der Waals surface area contributed by atoms with Crippen LogP contribution in [0.25, 0.3) is 0 Å². The normalized spacial score (nSPS) is 15.2. The summed E-state index contributed by atoms with van der Waals surface area (Å²) < 4.78 is 6.60. The molecule has 4 heteroatoms. The Labute approximate surface area is 116 Å². The maximum atomic E-state index is 6.09. The predicted molar refractivity (Wildman–Crippen MR) is 74.4 cm³/mol. The van der Waals surface area contributed by atoms with E-state index in [0.717, 1.165) is 47.3 Å². The van der Waals surface area contributed by atoms with Crippen LogP contribution in [0.4, 0.5) is 0 Å². The minimum absolute atomic E-state index is 0.780. The fourth-order valence-corrected chi connectivity index (χ4v) is 2.17. The highest BCUT2D eigenvalue weighted by atomic mass is 79.9. The first-order valence-corrected chi connectivity index (χ1v) is 7.15. The summed E-state index contributed by atoms with van der Waals surface area (Å²) in [5.41, 5.74) is 1.11. The van der Waals surface area contributed by atoms with Crippen LogP contribution in [0.1, 0.15) is 18.4 Å². The van der Waals surface area contributed by atoms with Gasteiger partial charge in [-0.15, -0.1) is 0 Å². The van der Waals surface area contributed by atoms with Gasteiger partial charge < -0.3 is 10.1 Å². The Morgan fingerprint density at radius 3 is 3.00 bits per heavy atom. The third kappa shape index (κ3) is 4.96. The Morgan fingerprint density at radius 1 is 1.41 bits per heavy atom. The van der Waals surface area contributed by atoms with Crippen LogP contribution in [0.2, 0.25) is 5.02 Å². The van der Waals surface area contributed by atoms with E-state index in [4.69, 9.17) is 16.3 Å². The molecular weight excluding hydrogens is 302 g/mol. The highest BCUT2D eigenvalue weighted by Gasteiger charge is 2.20. The van der Waals surface area contributed by atoms with Gasteiger partial charge in [0, 0.05) is 29.2 Å². The Bertz CT molecular complexity index is 368. The third-order valence-corrected chi connectivity index (χ3v) is 3.66. The van der Waals surface area contributed by atoms with Crippen molar-refractivity contribution in [2.45, 2.75) is 19.4 Å². The quantitative estimate of drug-likeness (QED) is 0.775. The first kappa shape index (κ1) is 13.3. The molecule has 0 aromatic heterocycles. The van der Waals surface area contributed by atoms with Crippen molar-refractivity contribution in [2.24, 2.45) is 5.92 Å². The second-order valence-electron chi connectivity index (χ2n) is 4.43. The third-order valence-electron chi connectivity index (χ3n) is 2.80. The SMILES string of the molecule is Clc1ccc(Br)cc1CNCCOCC1CC1. The number of hydrogen-bond donors (Lipinski definition) is 1. The summed E-state index contributed by atoms with van der Waals surface area (Å²) >= 11 is 9.54. The zero-order chi connectivity index (χ0) is 12.1. The van der Waals surface area contributed by atoms with Crippen LogP contribution in [0, 0.1) is 5.92 Å². The topological polar surface area (TPSA) is 21.3 Å². The van der Waals surface area contributed by atoms with Crippen LogP contribution in [0.3, 0.4) is 0 Å². The molecule has 1 aliphatic rings. The van der Waals surface area contributed by atoms with Gasteiger partial charge in [-0.05, 0) is 42.5 Å².